The normalized spacial score (nSPS) is 18.2. The van der Waals surface area contributed by atoms with E-state index in [2.05, 4.69) is 5.10 Å². The summed E-state index contributed by atoms with van der Waals surface area (Å²) in [6, 6.07) is 1.71. The van der Waals surface area contributed by atoms with E-state index in [0.717, 1.165) is 36.5 Å². The molecule has 1 atom stereocenters. The number of methoxy groups -OCH3 is 1. The van der Waals surface area contributed by atoms with Gasteiger partial charge in [0.25, 0.3) is 5.91 Å². The fourth-order valence-corrected chi connectivity index (χ4v) is 3.14. The van der Waals surface area contributed by atoms with Gasteiger partial charge in [-0.2, -0.15) is 5.10 Å². The first-order chi connectivity index (χ1) is 10.1. The number of likely N-dealkylation sites (tertiary alicyclic amines) is 1. The molecule has 21 heavy (non-hydrogen) atoms. The van der Waals surface area contributed by atoms with Crippen molar-refractivity contribution in [3.63, 3.8) is 0 Å². The highest BCUT2D eigenvalue weighted by atomic mass is 16.5. The van der Waals surface area contributed by atoms with Gasteiger partial charge in [0.05, 0.1) is 36.2 Å². The molecule has 0 unspecified atom stereocenters. The van der Waals surface area contributed by atoms with E-state index in [-0.39, 0.29) is 11.9 Å². The molecule has 2 aromatic heterocycles. The van der Waals surface area contributed by atoms with Crippen LogP contribution in [0.15, 0.2) is 23.0 Å². The van der Waals surface area contributed by atoms with Gasteiger partial charge in [-0.3, -0.25) is 4.79 Å². The summed E-state index contributed by atoms with van der Waals surface area (Å²) in [5.74, 6) is 0.723. The van der Waals surface area contributed by atoms with Crippen molar-refractivity contribution in [2.45, 2.75) is 25.8 Å². The number of aromatic nitrogens is 2. The topological polar surface area (TPSA) is 60.5 Å². The van der Waals surface area contributed by atoms with Crippen molar-refractivity contribution in [1.29, 1.82) is 0 Å². The molecule has 3 rings (SSSR count). The predicted molar refractivity (Wildman–Crippen MR) is 76.2 cm³/mol. The van der Waals surface area contributed by atoms with Crippen LogP contribution in [0.5, 0.6) is 5.88 Å². The van der Waals surface area contributed by atoms with Crippen molar-refractivity contribution in [2.24, 2.45) is 7.05 Å². The van der Waals surface area contributed by atoms with Crippen molar-refractivity contribution < 1.29 is 13.9 Å². The number of carbonyl (C=O) groups excluding carboxylic acids is 1. The lowest BCUT2D eigenvalue weighted by atomic mass is 10.0. The van der Waals surface area contributed by atoms with Gasteiger partial charge in [-0.25, -0.2) is 4.68 Å². The molecule has 0 aliphatic carbocycles. The third kappa shape index (κ3) is 2.20. The van der Waals surface area contributed by atoms with Crippen molar-refractivity contribution in [1.82, 2.24) is 14.7 Å². The number of furan rings is 1. The Morgan fingerprint density at radius 2 is 2.33 bits per heavy atom. The summed E-state index contributed by atoms with van der Waals surface area (Å²) in [6.45, 7) is 2.70. The number of ether oxygens (including phenoxy) is 1. The van der Waals surface area contributed by atoms with Gasteiger partial charge in [0.15, 0.2) is 0 Å². The first-order valence-electron chi connectivity index (χ1n) is 7.04. The maximum Gasteiger partial charge on any atom is 0.257 e. The van der Waals surface area contributed by atoms with Crippen molar-refractivity contribution in [2.75, 3.05) is 13.7 Å². The molecule has 6 heteroatoms. The first-order valence-corrected chi connectivity index (χ1v) is 7.04. The maximum atomic E-state index is 12.6. The Hall–Kier alpha value is -2.24. The van der Waals surface area contributed by atoms with E-state index >= 15 is 0 Å². The second-order valence-electron chi connectivity index (χ2n) is 5.30. The average Bonchev–Trinajstić information content (AvgIpc) is 3.16. The predicted octanol–water partition coefficient (Wildman–Crippen LogP) is 2.31. The SMILES string of the molecule is COc1c([C@H]2CCCN2C(=O)c2ccoc2)c(C)nn1C. The zero-order chi connectivity index (χ0) is 15.0. The second-order valence-corrected chi connectivity index (χ2v) is 5.30. The smallest absolute Gasteiger partial charge is 0.257 e. The molecule has 112 valence electrons. The molecule has 1 aliphatic rings. The fourth-order valence-electron chi connectivity index (χ4n) is 3.14. The molecule has 1 aliphatic heterocycles. The molecule has 1 saturated heterocycles. The summed E-state index contributed by atoms with van der Waals surface area (Å²) in [5, 5.41) is 4.42. The summed E-state index contributed by atoms with van der Waals surface area (Å²) in [5.41, 5.74) is 2.50. The molecule has 0 saturated carbocycles. The Morgan fingerprint density at radius 3 is 3.00 bits per heavy atom. The number of aryl methyl sites for hydroxylation is 2. The number of hydrogen-bond donors (Lipinski definition) is 0. The van der Waals surface area contributed by atoms with Gasteiger partial charge in [-0.05, 0) is 25.8 Å². The molecule has 3 heterocycles. The maximum absolute atomic E-state index is 12.6. The van der Waals surface area contributed by atoms with Gasteiger partial charge in [-0.1, -0.05) is 0 Å². The lowest BCUT2D eigenvalue weighted by molar-refractivity contribution is 0.0733. The molecule has 2 aromatic rings. The highest BCUT2D eigenvalue weighted by molar-refractivity contribution is 5.94. The molecule has 1 fully saturated rings. The molecular weight excluding hydrogens is 270 g/mol. The van der Waals surface area contributed by atoms with Crippen LogP contribution >= 0.6 is 0 Å². The van der Waals surface area contributed by atoms with Crippen LogP contribution in [0.3, 0.4) is 0 Å². The molecule has 0 bridgehead atoms. The Kier molecular flexibility index (Phi) is 3.45. The molecule has 6 nitrogen and oxygen atoms in total. The third-order valence-corrected chi connectivity index (χ3v) is 4.02. The van der Waals surface area contributed by atoms with Crippen LogP contribution in [-0.4, -0.2) is 34.2 Å². The zero-order valence-electron chi connectivity index (χ0n) is 12.5. The lowest BCUT2D eigenvalue weighted by Gasteiger charge is -2.24. The monoisotopic (exact) mass is 289 g/mol. The fraction of sp³-hybridized carbons (Fsp3) is 0.467. The molecule has 1 amide bonds. The number of amides is 1. The van der Waals surface area contributed by atoms with Crippen LogP contribution in [0.4, 0.5) is 0 Å². The summed E-state index contributed by atoms with van der Waals surface area (Å²) < 4.78 is 12.2. The van der Waals surface area contributed by atoms with E-state index < -0.39 is 0 Å². The minimum atomic E-state index is -0.00319. The van der Waals surface area contributed by atoms with Gasteiger partial charge < -0.3 is 14.1 Å². The van der Waals surface area contributed by atoms with Gasteiger partial charge in [0, 0.05) is 13.6 Å². The summed E-state index contributed by atoms with van der Waals surface area (Å²) in [4.78, 5) is 14.5. The Balaban J connectivity index is 1.96. The Labute approximate surface area is 123 Å². The van der Waals surface area contributed by atoms with Crippen LogP contribution in [0.2, 0.25) is 0 Å². The summed E-state index contributed by atoms with van der Waals surface area (Å²) in [6.07, 6.45) is 4.91. The number of rotatable bonds is 3. The van der Waals surface area contributed by atoms with E-state index in [0.29, 0.717) is 5.56 Å². The average molecular weight is 289 g/mol. The molecule has 0 radical (unpaired) electrons. The van der Waals surface area contributed by atoms with E-state index in [1.54, 1.807) is 17.9 Å². The Morgan fingerprint density at radius 1 is 1.52 bits per heavy atom. The van der Waals surface area contributed by atoms with Crippen LogP contribution in [-0.2, 0) is 7.05 Å². The number of carbonyl (C=O) groups is 1. The molecular formula is C15H19N3O3. The van der Waals surface area contributed by atoms with Crippen LogP contribution in [0, 0.1) is 6.92 Å². The minimum absolute atomic E-state index is 0.00319. The van der Waals surface area contributed by atoms with Gasteiger partial charge in [0.1, 0.15) is 6.26 Å². The largest absolute Gasteiger partial charge is 0.481 e. The van der Waals surface area contributed by atoms with Gasteiger partial charge in [0.2, 0.25) is 5.88 Å². The van der Waals surface area contributed by atoms with Crippen LogP contribution in [0.1, 0.15) is 40.5 Å². The third-order valence-electron chi connectivity index (χ3n) is 4.02. The summed E-state index contributed by atoms with van der Waals surface area (Å²) in [7, 11) is 3.49. The van der Waals surface area contributed by atoms with Crippen molar-refractivity contribution in [3.8, 4) is 5.88 Å². The lowest BCUT2D eigenvalue weighted by Crippen LogP contribution is -2.30. The van der Waals surface area contributed by atoms with E-state index in [4.69, 9.17) is 9.15 Å². The van der Waals surface area contributed by atoms with Crippen LogP contribution < -0.4 is 4.74 Å². The molecule has 0 aromatic carbocycles. The van der Waals surface area contributed by atoms with Crippen LogP contribution in [0.25, 0.3) is 0 Å². The van der Waals surface area contributed by atoms with E-state index in [1.165, 1.54) is 12.5 Å². The van der Waals surface area contributed by atoms with Gasteiger partial charge >= 0.3 is 0 Å². The van der Waals surface area contributed by atoms with Gasteiger partial charge in [-0.15, -0.1) is 0 Å². The second kappa shape index (κ2) is 5.27. The number of hydrogen-bond acceptors (Lipinski definition) is 4. The highest BCUT2D eigenvalue weighted by Crippen LogP contribution is 2.39. The van der Waals surface area contributed by atoms with Crippen molar-refractivity contribution >= 4 is 5.91 Å². The molecule has 0 spiro atoms. The summed E-state index contributed by atoms with van der Waals surface area (Å²) >= 11 is 0. The first kappa shape index (κ1) is 13.7. The standard InChI is InChI=1S/C15H19N3O3/c1-10-13(15(20-3)17(2)16-10)12-5-4-7-18(12)14(19)11-6-8-21-9-11/h6,8-9,12H,4-5,7H2,1-3H3/t12-/m1/s1. The number of nitrogens with zero attached hydrogens (tertiary/aromatic N) is 3. The highest BCUT2D eigenvalue weighted by Gasteiger charge is 2.35. The van der Waals surface area contributed by atoms with E-state index in [9.17, 15) is 4.79 Å². The zero-order valence-corrected chi connectivity index (χ0v) is 12.5. The van der Waals surface area contributed by atoms with Crippen molar-refractivity contribution in [3.05, 3.63) is 35.4 Å². The minimum Gasteiger partial charge on any atom is -0.481 e. The molecule has 0 N–H and O–H groups in total. The quantitative estimate of drug-likeness (QED) is 0.870. The Bertz CT molecular complexity index is 645. The van der Waals surface area contributed by atoms with E-state index in [1.807, 2.05) is 18.9 Å².